The molecule has 1 aromatic rings. The van der Waals surface area contributed by atoms with Crippen LogP contribution in [0.15, 0.2) is 17.2 Å². The molecular weight excluding hydrogens is 336 g/mol. The molecule has 12 heteroatoms. The van der Waals surface area contributed by atoms with Crippen LogP contribution in [0.1, 0.15) is 0 Å². The van der Waals surface area contributed by atoms with Crippen molar-refractivity contribution in [1.29, 1.82) is 0 Å². The van der Waals surface area contributed by atoms with E-state index in [-0.39, 0.29) is 5.88 Å². The fourth-order valence-corrected chi connectivity index (χ4v) is 4.33. The molecule has 0 saturated carbocycles. The monoisotopic (exact) mass is 344 g/mol. The molecule has 0 N–H and O–H groups in total. The highest BCUT2D eigenvalue weighted by Crippen LogP contribution is 2.25. The average molecular weight is 345 g/mol. The van der Waals surface area contributed by atoms with Gasteiger partial charge in [0.25, 0.3) is 0 Å². The number of rotatable bonds is 6. The van der Waals surface area contributed by atoms with Crippen molar-refractivity contribution in [2.24, 2.45) is 0 Å². The SMILES string of the molecule is COc1ccc([N+](=O)[O-])c(S(=O)(=O)CCS(=O)(=O)Cl)n1. The van der Waals surface area contributed by atoms with Gasteiger partial charge in [0, 0.05) is 22.8 Å². The fourth-order valence-electron chi connectivity index (χ4n) is 1.20. The minimum atomic E-state index is -4.30. The number of sulfone groups is 1. The van der Waals surface area contributed by atoms with Gasteiger partial charge < -0.3 is 4.74 Å². The first-order chi connectivity index (χ1) is 9.07. The van der Waals surface area contributed by atoms with E-state index in [4.69, 9.17) is 10.7 Å². The van der Waals surface area contributed by atoms with E-state index >= 15 is 0 Å². The van der Waals surface area contributed by atoms with Crippen LogP contribution in [0.4, 0.5) is 5.69 Å². The summed E-state index contributed by atoms with van der Waals surface area (Å²) >= 11 is 0. The van der Waals surface area contributed by atoms with Gasteiger partial charge in [-0.05, 0) is 0 Å². The number of hydrogen-bond donors (Lipinski definition) is 0. The summed E-state index contributed by atoms with van der Waals surface area (Å²) in [6.07, 6.45) is 0. The van der Waals surface area contributed by atoms with Crippen LogP contribution < -0.4 is 4.74 Å². The van der Waals surface area contributed by atoms with Crippen molar-refractivity contribution in [2.45, 2.75) is 5.03 Å². The van der Waals surface area contributed by atoms with E-state index < -0.39 is 46.0 Å². The fraction of sp³-hybridized carbons (Fsp3) is 0.375. The largest absolute Gasteiger partial charge is 0.481 e. The molecule has 0 aliphatic rings. The Kier molecular flexibility index (Phi) is 4.89. The van der Waals surface area contributed by atoms with Gasteiger partial charge in [0.1, 0.15) is 0 Å². The standard InChI is InChI=1S/C8H9ClN2O7S2/c1-18-7-3-2-6(11(12)13)8(10-7)19(14,15)4-5-20(9,16)17/h2-3H,4-5H2,1H3. The lowest BCUT2D eigenvalue weighted by Gasteiger charge is -2.05. The lowest BCUT2D eigenvalue weighted by Crippen LogP contribution is -2.17. The van der Waals surface area contributed by atoms with Gasteiger partial charge in [0.2, 0.25) is 29.8 Å². The number of hydrogen-bond acceptors (Lipinski definition) is 8. The van der Waals surface area contributed by atoms with Crippen molar-refractivity contribution < 1.29 is 26.5 Å². The van der Waals surface area contributed by atoms with Crippen molar-refractivity contribution in [1.82, 2.24) is 4.98 Å². The highest BCUT2D eigenvalue weighted by molar-refractivity contribution is 8.14. The van der Waals surface area contributed by atoms with E-state index in [1.54, 1.807) is 0 Å². The smallest absolute Gasteiger partial charge is 0.306 e. The molecule has 0 saturated heterocycles. The summed E-state index contributed by atoms with van der Waals surface area (Å²) in [5, 5.41) is 9.93. The minimum Gasteiger partial charge on any atom is -0.481 e. The summed E-state index contributed by atoms with van der Waals surface area (Å²) in [4.78, 5) is 13.3. The lowest BCUT2D eigenvalue weighted by molar-refractivity contribution is -0.388. The van der Waals surface area contributed by atoms with Crippen LogP contribution in [0.25, 0.3) is 0 Å². The first-order valence-corrected chi connectivity index (χ1v) is 9.04. The molecule has 0 atom stereocenters. The van der Waals surface area contributed by atoms with Crippen molar-refractivity contribution in [3.05, 3.63) is 22.2 Å². The van der Waals surface area contributed by atoms with Crippen molar-refractivity contribution in [2.75, 3.05) is 18.6 Å². The molecule has 9 nitrogen and oxygen atoms in total. The number of methoxy groups -OCH3 is 1. The molecule has 0 aliphatic carbocycles. The van der Waals surface area contributed by atoms with Crippen LogP contribution in [0.2, 0.25) is 0 Å². The second kappa shape index (κ2) is 5.89. The predicted molar refractivity (Wildman–Crippen MR) is 69.1 cm³/mol. The molecule has 1 rings (SSSR count). The molecule has 1 aromatic heterocycles. The highest BCUT2D eigenvalue weighted by Gasteiger charge is 2.29. The average Bonchev–Trinajstić information content (AvgIpc) is 2.35. The molecule has 112 valence electrons. The number of halogens is 1. The number of aromatic nitrogens is 1. The third kappa shape index (κ3) is 4.28. The van der Waals surface area contributed by atoms with E-state index in [9.17, 15) is 26.9 Å². The van der Waals surface area contributed by atoms with Gasteiger partial charge in [-0.15, -0.1) is 0 Å². The summed E-state index contributed by atoms with van der Waals surface area (Å²) in [7, 11) is -2.23. The molecule has 0 amide bonds. The van der Waals surface area contributed by atoms with Gasteiger partial charge in [-0.1, -0.05) is 0 Å². The molecule has 0 fully saturated rings. The van der Waals surface area contributed by atoms with Gasteiger partial charge in [-0.25, -0.2) is 16.8 Å². The summed E-state index contributed by atoms with van der Waals surface area (Å²) in [6, 6.07) is 2.03. The zero-order valence-corrected chi connectivity index (χ0v) is 12.4. The summed E-state index contributed by atoms with van der Waals surface area (Å²) in [5.74, 6) is -1.95. The van der Waals surface area contributed by atoms with Crippen molar-refractivity contribution in [3.63, 3.8) is 0 Å². The van der Waals surface area contributed by atoms with E-state index in [1.165, 1.54) is 7.11 Å². The van der Waals surface area contributed by atoms with Crippen molar-refractivity contribution in [3.8, 4) is 5.88 Å². The Hall–Kier alpha value is -1.46. The number of ether oxygens (including phenoxy) is 1. The van der Waals surface area contributed by atoms with Crippen molar-refractivity contribution >= 4 is 35.3 Å². The Morgan fingerprint density at radius 1 is 1.30 bits per heavy atom. The predicted octanol–water partition coefficient (Wildman–Crippen LogP) is 0.341. The maximum absolute atomic E-state index is 11.9. The quantitative estimate of drug-likeness (QED) is 0.409. The number of nitrogens with zero attached hydrogens (tertiary/aromatic N) is 2. The Balaban J connectivity index is 3.31. The summed E-state index contributed by atoms with van der Waals surface area (Å²) < 4.78 is 50.1. The van der Waals surface area contributed by atoms with E-state index in [0.717, 1.165) is 12.1 Å². The zero-order chi connectivity index (χ0) is 15.6. The summed E-state index contributed by atoms with van der Waals surface area (Å²) in [5.41, 5.74) is -0.766. The van der Waals surface area contributed by atoms with E-state index in [0.29, 0.717) is 0 Å². The Bertz CT molecular complexity index is 729. The summed E-state index contributed by atoms with van der Waals surface area (Å²) in [6.45, 7) is 0. The van der Waals surface area contributed by atoms with Gasteiger partial charge in [0.05, 0.1) is 23.5 Å². The van der Waals surface area contributed by atoms with Crippen LogP contribution in [0, 0.1) is 10.1 Å². The second-order valence-corrected chi connectivity index (χ2v) is 8.42. The maximum atomic E-state index is 11.9. The number of pyridine rings is 1. The van der Waals surface area contributed by atoms with E-state index in [1.807, 2.05) is 0 Å². The molecule has 0 bridgehead atoms. The first kappa shape index (κ1) is 16.6. The minimum absolute atomic E-state index is 0.150. The van der Waals surface area contributed by atoms with Gasteiger partial charge >= 0.3 is 5.69 Å². The maximum Gasteiger partial charge on any atom is 0.306 e. The number of nitro groups is 1. The Morgan fingerprint density at radius 3 is 2.35 bits per heavy atom. The molecule has 20 heavy (non-hydrogen) atoms. The lowest BCUT2D eigenvalue weighted by atomic mass is 10.4. The van der Waals surface area contributed by atoms with Crippen LogP contribution >= 0.6 is 10.7 Å². The highest BCUT2D eigenvalue weighted by atomic mass is 35.7. The van der Waals surface area contributed by atoms with Crippen LogP contribution in [-0.4, -0.2) is 45.4 Å². The molecule has 1 heterocycles. The van der Waals surface area contributed by atoms with Gasteiger partial charge in [0.15, 0.2) is 0 Å². The van der Waals surface area contributed by atoms with Gasteiger partial charge in [-0.3, -0.25) is 10.1 Å². The van der Waals surface area contributed by atoms with Crippen LogP contribution in [0.5, 0.6) is 5.88 Å². The van der Waals surface area contributed by atoms with E-state index in [2.05, 4.69) is 9.72 Å². The molecule has 0 unspecified atom stereocenters. The molecule has 0 aliphatic heterocycles. The van der Waals surface area contributed by atoms with Gasteiger partial charge in [-0.2, -0.15) is 4.98 Å². The molecular formula is C8H9ClN2O7S2. The topological polar surface area (TPSA) is 134 Å². The first-order valence-electron chi connectivity index (χ1n) is 4.91. The molecule has 0 radical (unpaired) electrons. The normalized spacial score (nSPS) is 12.1. The second-order valence-electron chi connectivity index (χ2n) is 3.50. The Morgan fingerprint density at radius 2 is 1.90 bits per heavy atom. The molecule has 0 aromatic carbocycles. The molecule has 0 spiro atoms. The Labute approximate surface area is 119 Å². The third-order valence-electron chi connectivity index (χ3n) is 2.11. The van der Waals surface area contributed by atoms with Crippen LogP contribution in [0.3, 0.4) is 0 Å². The third-order valence-corrected chi connectivity index (χ3v) is 5.16. The zero-order valence-electron chi connectivity index (χ0n) is 10.0. The van der Waals surface area contributed by atoms with Crippen LogP contribution in [-0.2, 0) is 18.9 Å².